The molecule has 0 spiro atoms. The van der Waals surface area contributed by atoms with Crippen LogP contribution in [0.4, 0.5) is 9.18 Å². The Hall–Kier alpha value is -2.64. The monoisotopic (exact) mass is 391 g/mol. The van der Waals surface area contributed by atoms with E-state index in [4.69, 9.17) is 4.74 Å². The maximum Gasteiger partial charge on any atom is 0.409 e. The summed E-state index contributed by atoms with van der Waals surface area (Å²) in [6.07, 6.45) is 0.489. The Bertz CT molecular complexity index is 734. The molecule has 2 fully saturated rings. The molecule has 3 amide bonds. The van der Waals surface area contributed by atoms with E-state index in [1.807, 2.05) is 0 Å². The molecule has 7 nitrogen and oxygen atoms in total. The molecule has 1 aromatic carbocycles. The van der Waals surface area contributed by atoms with E-state index in [9.17, 15) is 18.8 Å². The number of hydrogen-bond donors (Lipinski definition) is 0. The van der Waals surface area contributed by atoms with Crippen molar-refractivity contribution in [3.63, 3.8) is 0 Å². The van der Waals surface area contributed by atoms with Crippen LogP contribution in [0, 0.1) is 11.7 Å². The Morgan fingerprint density at radius 2 is 1.89 bits per heavy atom. The van der Waals surface area contributed by atoms with E-state index in [0.29, 0.717) is 64.3 Å². The first-order valence-electron chi connectivity index (χ1n) is 9.70. The number of carbonyl (C=O) groups excluding carboxylic acids is 3. The van der Waals surface area contributed by atoms with Gasteiger partial charge < -0.3 is 19.4 Å². The van der Waals surface area contributed by atoms with Crippen molar-refractivity contribution in [3.8, 4) is 0 Å². The number of rotatable bonds is 4. The predicted octanol–water partition coefficient (Wildman–Crippen LogP) is 1.86. The van der Waals surface area contributed by atoms with Crippen molar-refractivity contribution in [3.05, 3.63) is 35.6 Å². The SMILES string of the molecule is CCOC(=O)N1CCN(C(=O)C2CCC(=O)N(Cc3cccc(F)c3)C2)CC1. The van der Waals surface area contributed by atoms with E-state index in [-0.39, 0.29) is 29.6 Å². The highest BCUT2D eigenvalue weighted by molar-refractivity contribution is 5.84. The van der Waals surface area contributed by atoms with Crippen LogP contribution in [0.1, 0.15) is 25.3 Å². The Kier molecular flexibility index (Phi) is 6.49. The summed E-state index contributed by atoms with van der Waals surface area (Å²) in [7, 11) is 0. The van der Waals surface area contributed by atoms with Crippen molar-refractivity contribution < 1.29 is 23.5 Å². The van der Waals surface area contributed by atoms with E-state index in [2.05, 4.69) is 0 Å². The molecule has 2 heterocycles. The molecule has 2 saturated heterocycles. The summed E-state index contributed by atoms with van der Waals surface area (Å²) in [5.74, 6) is -0.602. The van der Waals surface area contributed by atoms with Gasteiger partial charge in [-0.1, -0.05) is 12.1 Å². The molecule has 0 aromatic heterocycles. The zero-order valence-corrected chi connectivity index (χ0v) is 16.1. The van der Waals surface area contributed by atoms with Crippen LogP contribution in [0.2, 0.25) is 0 Å². The molecule has 1 unspecified atom stereocenters. The summed E-state index contributed by atoms with van der Waals surface area (Å²) in [4.78, 5) is 41.9. The molecular formula is C20H26FN3O4. The number of nitrogens with zero attached hydrogens (tertiary/aromatic N) is 3. The van der Waals surface area contributed by atoms with Crippen LogP contribution in [-0.4, -0.2) is 71.9 Å². The number of amides is 3. The fraction of sp³-hybridized carbons (Fsp3) is 0.550. The Labute approximate surface area is 164 Å². The van der Waals surface area contributed by atoms with E-state index in [1.54, 1.807) is 33.8 Å². The minimum atomic E-state index is -0.348. The third kappa shape index (κ3) is 4.79. The molecule has 8 heteroatoms. The molecule has 28 heavy (non-hydrogen) atoms. The largest absolute Gasteiger partial charge is 0.450 e. The zero-order valence-electron chi connectivity index (χ0n) is 16.1. The van der Waals surface area contributed by atoms with Gasteiger partial charge in [0.1, 0.15) is 5.82 Å². The Balaban J connectivity index is 1.55. The minimum absolute atomic E-state index is 0.0135. The lowest BCUT2D eigenvalue weighted by molar-refractivity contribution is -0.144. The second kappa shape index (κ2) is 9.03. The van der Waals surface area contributed by atoms with Crippen molar-refractivity contribution in [2.45, 2.75) is 26.3 Å². The smallest absolute Gasteiger partial charge is 0.409 e. The molecule has 3 rings (SSSR count). The van der Waals surface area contributed by atoms with Crippen LogP contribution in [0.5, 0.6) is 0 Å². The highest BCUT2D eigenvalue weighted by atomic mass is 19.1. The van der Waals surface area contributed by atoms with E-state index >= 15 is 0 Å². The second-order valence-corrected chi connectivity index (χ2v) is 7.15. The second-order valence-electron chi connectivity index (χ2n) is 7.15. The van der Waals surface area contributed by atoms with Crippen LogP contribution in [0.3, 0.4) is 0 Å². The van der Waals surface area contributed by atoms with Crippen LogP contribution in [-0.2, 0) is 20.9 Å². The van der Waals surface area contributed by atoms with Gasteiger partial charge in [-0.2, -0.15) is 0 Å². The van der Waals surface area contributed by atoms with Crippen LogP contribution < -0.4 is 0 Å². The van der Waals surface area contributed by atoms with Crippen LogP contribution >= 0.6 is 0 Å². The van der Waals surface area contributed by atoms with Crippen molar-refractivity contribution >= 4 is 17.9 Å². The highest BCUT2D eigenvalue weighted by Crippen LogP contribution is 2.22. The summed E-state index contributed by atoms with van der Waals surface area (Å²) >= 11 is 0. The average molecular weight is 391 g/mol. The number of ether oxygens (including phenoxy) is 1. The molecule has 1 aromatic rings. The van der Waals surface area contributed by atoms with Gasteiger partial charge in [-0.25, -0.2) is 9.18 Å². The van der Waals surface area contributed by atoms with Crippen molar-refractivity contribution in [1.29, 1.82) is 0 Å². The van der Waals surface area contributed by atoms with E-state index < -0.39 is 0 Å². The maximum absolute atomic E-state index is 13.4. The number of benzene rings is 1. The first-order valence-corrected chi connectivity index (χ1v) is 9.70. The third-order valence-electron chi connectivity index (χ3n) is 5.23. The average Bonchev–Trinajstić information content (AvgIpc) is 2.69. The van der Waals surface area contributed by atoms with Crippen LogP contribution in [0.25, 0.3) is 0 Å². The summed E-state index contributed by atoms with van der Waals surface area (Å²) in [6.45, 7) is 4.56. The number of piperidine rings is 1. The fourth-order valence-electron chi connectivity index (χ4n) is 3.71. The molecule has 1 atom stereocenters. The normalized spacial score (nSPS) is 20.3. The molecule has 2 aliphatic rings. The van der Waals surface area contributed by atoms with Gasteiger partial charge in [-0.3, -0.25) is 9.59 Å². The molecule has 0 N–H and O–H groups in total. The van der Waals surface area contributed by atoms with Gasteiger partial charge in [0.05, 0.1) is 12.5 Å². The fourth-order valence-corrected chi connectivity index (χ4v) is 3.71. The lowest BCUT2D eigenvalue weighted by atomic mass is 9.95. The molecule has 0 bridgehead atoms. The van der Waals surface area contributed by atoms with Gasteiger partial charge in [0.15, 0.2) is 0 Å². The number of likely N-dealkylation sites (tertiary alicyclic amines) is 1. The van der Waals surface area contributed by atoms with Gasteiger partial charge in [0.2, 0.25) is 11.8 Å². The molecule has 0 radical (unpaired) electrons. The van der Waals surface area contributed by atoms with E-state index in [1.165, 1.54) is 12.1 Å². The molecule has 152 valence electrons. The number of halogens is 1. The number of hydrogen-bond acceptors (Lipinski definition) is 4. The Morgan fingerprint density at radius 1 is 1.18 bits per heavy atom. The first kappa shape index (κ1) is 20.1. The maximum atomic E-state index is 13.4. The number of piperazine rings is 1. The summed E-state index contributed by atoms with van der Waals surface area (Å²) in [5.41, 5.74) is 0.712. The zero-order chi connectivity index (χ0) is 20.1. The predicted molar refractivity (Wildman–Crippen MR) is 99.7 cm³/mol. The number of carbonyl (C=O) groups is 3. The lowest BCUT2D eigenvalue weighted by Gasteiger charge is -2.38. The summed E-state index contributed by atoms with van der Waals surface area (Å²) < 4.78 is 18.4. The molecular weight excluding hydrogens is 365 g/mol. The first-order chi connectivity index (χ1) is 13.5. The molecule has 0 aliphatic carbocycles. The van der Waals surface area contributed by atoms with Gasteiger partial charge in [0, 0.05) is 45.7 Å². The lowest BCUT2D eigenvalue weighted by Crippen LogP contribution is -2.54. The minimum Gasteiger partial charge on any atom is -0.450 e. The van der Waals surface area contributed by atoms with Gasteiger partial charge in [0.25, 0.3) is 0 Å². The van der Waals surface area contributed by atoms with Crippen molar-refractivity contribution in [2.24, 2.45) is 5.92 Å². The van der Waals surface area contributed by atoms with Crippen LogP contribution in [0.15, 0.2) is 24.3 Å². The standard InChI is InChI=1S/C20H26FN3O4/c1-2-28-20(27)23-10-8-22(9-11-23)19(26)16-6-7-18(25)24(14-16)13-15-4-3-5-17(21)12-15/h3-5,12,16H,2,6-11,13-14H2,1H3. The van der Waals surface area contributed by atoms with Gasteiger partial charge in [-0.05, 0) is 31.0 Å². The van der Waals surface area contributed by atoms with Gasteiger partial charge >= 0.3 is 6.09 Å². The van der Waals surface area contributed by atoms with Gasteiger partial charge in [-0.15, -0.1) is 0 Å². The topological polar surface area (TPSA) is 70.2 Å². The molecule has 0 saturated carbocycles. The summed E-state index contributed by atoms with van der Waals surface area (Å²) in [6, 6.07) is 6.16. The van der Waals surface area contributed by atoms with Crippen molar-refractivity contribution in [2.75, 3.05) is 39.3 Å². The quantitative estimate of drug-likeness (QED) is 0.786. The summed E-state index contributed by atoms with van der Waals surface area (Å²) in [5, 5.41) is 0. The highest BCUT2D eigenvalue weighted by Gasteiger charge is 2.34. The van der Waals surface area contributed by atoms with E-state index in [0.717, 1.165) is 0 Å². The molecule has 2 aliphatic heterocycles. The van der Waals surface area contributed by atoms with Crippen molar-refractivity contribution in [1.82, 2.24) is 14.7 Å². The Morgan fingerprint density at radius 3 is 2.57 bits per heavy atom. The third-order valence-corrected chi connectivity index (χ3v) is 5.23.